The maximum atomic E-state index is 11.3. The summed E-state index contributed by atoms with van der Waals surface area (Å²) in [5.41, 5.74) is 0.527. The van der Waals surface area contributed by atoms with Crippen molar-refractivity contribution in [2.24, 2.45) is 17.3 Å². The highest BCUT2D eigenvalue weighted by atomic mass is 16.7. The van der Waals surface area contributed by atoms with E-state index in [-0.39, 0.29) is 6.10 Å². The summed E-state index contributed by atoms with van der Waals surface area (Å²) in [4.78, 5) is 11.3. The van der Waals surface area contributed by atoms with E-state index in [0.717, 1.165) is 18.9 Å². The molecule has 2 bridgehead atoms. The van der Waals surface area contributed by atoms with Gasteiger partial charge in [-0.2, -0.15) is 0 Å². The monoisotopic (exact) mass is 239 g/mol. The third-order valence-corrected chi connectivity index (χ3v) is 4.95. The Hall–Kier alpha value is -0.770. The average molecular weight is 239 g/mol. The van der Waals surface area contributed by atoms with Gasteiger partial charge in [0.2, 0.25) is 0 Å². The van der Waals surface area contributed by atoms with Gasteiger partial charge >= 0.3 is 6.16 Å². The standard InChI is InChI=1S/C13H21NO3/c1-2-16-12(15)17-11-6-10-5-9(11)7-13(10)3-4-14-8-13/h9-11,14H,2-8H2,1H3. The largest absolute Gasteiger partial charge is 0.508 e. The second-order valence-corrected chi connectivity index (χ2v) is 5.76. The van der Waals surface area contributed by atoms with Gasteiger partial charge in [-0.15, -0.1) is 0 Å². The highest BCUT2D eigenvalue weighted by molar-refractivity contribution is 5.60. The Morgan fingerprint density at radius 2 is 2.35 bits per heavy atom. The molecule has 0 amide bonds. The Labute approximate surface area is 102 Å². The molecule has 3 rings (SSSR count). The minimum atomic E-state index is -0.483. The van der Waals surface area contributed by atoms with Gasteiger partial charge in [0.15, 0.2) is 0 Å². The van der Waals surface area contributed by atoms with E-state index in [1.54, 1.807) is 6.92 Å². The molecule has 0 aromatic heterocycles. The van der Waals surface area contributed by atoms with Crippen LogP contribution in [0.3, 0.4) is 0 Å². The first-order valence-corrected chi connectivity index (χ1v) is 6.77. The quantitative estimate of drug-likeness (QED) is 0.748. The first kappa shape index (κ1) is 11.3. The molecule has 0 radical (unpaired) electrons. The molecule has 1 aliphatic heterocycles. The van der Waals surface area contributed by atoms with Crippen LogP contribution >= 0.6 is 0 Å². The zero-order chi connectivity index (χ0) is 11.9. The second kappa shape index (κ2) is 4.16. The first-order chi connectivity index (χ1) is 8.23. The Kier molecular flexibility index (Phi) is 2.77. The van der Waals surface area contributed by atoms with Crippen molar-refractivity contribution in [2.45, 2.75) is 38.7 Å². The van der Waals surface area contributed by atoms with Crippen LogP contribution in [0, 0.1) is 17.3 Å². The molecule has 3 aliphatic rings. The normalized spacial score (nSPS) is 43.2. The maximum Gasteiger partial charge on any atom is 0.508 e. The number of hydrogen-bond acceptors (Lipinski definition) is 4. The summed E-state index contributed by atoms with van der Waals surface area (Å²) in [5, 5.41) is 3.48. The topological polar surface area (TPSA) is 47.6 Å². The van der Waals surface area contributed by atoms with Crippen molar-refractivity contribution in [1.82, 2.24) is 5.32 Å². The van der Waals surface area contributed by atoms with Gasteiger partial charge in [0.1, 0.15) is 6.10 Å². The van der Waals surface area contributed by atoms with E-state index in [4.69, 9.17) is 9.47 Å². The molecule has 1 saturated heterocycles. The van der Waals surface area contributed by atoms with Gasteiger partial charge < -0.3 is 14.8 Å². The zero-order valence-electron chi connectivity index (χ0n) is 10.4. The number of ether oxygens (including phenoxy) is 2. The third kappa shape index (κ3) is 1.82. The number of carbonyl (C=O) groups excluding carboxylic acids is 1. The Bertz CT molecular complexity index is 312. The maximum absolute atomic E-state index is 11.3. The molecule has 17 heavy (non-hydrogen) atoms. The van der Waals surface area contributed by atoms with Crippen LogP contribution in [0.1, 0.15) is 32.6 Å². The molecule has 96 valence electrons. The minimum Gasteiger partial charge on any atom is -0.435 e. The van der Waals surface area contributed by atoms with Crippen LogP contribution in [0.25, 0.3) is 0 Å². The van der Waals surface area contributed by atoms with Crippen LogP contribution in [-0.4, -0.2) is 32.0 Å². The minimum absolute atomic E-state index is 0.116. The van der Waals surface area contributed by atoms with E-state index in [1.807, 2.05) is 0 Å². The summed E-state index contributed by atoms with van der Waals surface area (Å²) in [7, 11) is 0. The number of nitrogens with one attached hydrogen (secondary N) is 1. The SMILES string of the molecule is CCOC(=O)OC1CC2CC1CC21CCNC1. The summed E-state index contributed by atoms with van der Waals surface area (Å²) in [5.74, 6) is 1.33. The van der Waals surface area contributed by atoms with Gasteiger partial charge in [0, 0.05) is 6.54 Å². The molecule has 1 N–H and O–H groups in total. The Morgan fingerprint density at radius 1 is 1.47 bits per heavy atom. The predicted molar refractivity (Wildman–Crippen MR) is 62.6 cm³/mol. The number of fused-ring (bicyclic) bond motifs is 3. The van der Waals surface area contributed by atoms with Crippen LogP contribution in [0.5, 0.6) is 0 Å². The van der Waals surface area contributed by atoms with Crippen LogP contribution in [0.2, 0.25) is 0 Å². The fourth-order valence-corrected chi connectivity index (χ4v) is 4.20. The molecule has 2 aliphatic carbocycles. The molecule has 4 nitrogen and oxygen atoms in total. The van der Waals surface area contributed by atoms with Crippen LogP contribution in [-0.2, 0) is 9.47 Å². The van der Waals surface area contributed by atoms with Crippen molar-refractivity contribution in [2.75, 3.05) is 19.7 Å². The molecular formula is C13H21NO3. The third-order valence-electron chi connectivity index (χ3n) is 4.95. The summed E-state index contributed by atoms with van der Waals surface area (Å²) < 4.78 is 10.3. The first-order valence-electron chi connectivity index (χ1n) is 6.77. The fourth-order valence-electron chi connectivity index (χ4n) is 4.20. The zero-order valence-corrected chi connectivity index (χ0v) is 10.4. The van der Waals surface area contributed by atoms with Crippen molar-refractivity contribution in [1.29, 1.82) is 0 Å². The molecular weight excluding hydrogens is 218 g/mol. The van der Waals surface area contributed by atoms with Crippen molar-refractivity contribution in [3.63, 3.8) is 0 Å². The van der Waals surface area contributed by atoms with Gasteiger partial charge in [0.25, 0.3) is 0 Å². The molecule has 4 atom stereocenters. The molecule has 1 heterocycles. The lowest BCUT2D eigenvalue weighted by Gasteiger charge is -2.35. The van der Waals surface area contributed by atoms with Crippen LogP contribution in [0.15, 0.2) is 0 Å². The van der Waals surface area contributed by atoms with Crippen molar-refractivity contribution in [3.8, 4) is 0 Å². The smallest absolute Gasteiger partial charge is 0.435 e. The molecule has 3 fully saturated rings. The summed E-state index contributed by atoms with van der Waals surface area (Å²) in [6.45, 7) is 4.53. The van der Waals surface area contributed by atoms with Crippen molar-refractivity contribution in [3.05, 3.63) is 0 Å². The summed E-state index contributed by atoms with van der Waals surface area (Å²) in [6.07, 6.45) is 4.46. The lowest BCUT2D eigenvalue weighted by molar-refractivity contribution is -0.00856. The van der Waals surface area contributed by atoms with Crippen molar-refractivity contribution >= 4 is 6.16 Å². The molecule has 4 heteroatoms. The molecule has 0 aromatic carbocycles. The Balaban J connectivity index is 1.58. The van der Waals surface area contributed by atoms with Gasteiger partial charge in [-0.3, -0.25) is 0 Å². The van der Waals surface area contributed by atoms with E-state index in [2.05, 4.69) is 5.32 Å². The van der Waals surface area contributed by atoms with Crippen LogP contribution < -0.4 is 5.32 Å². The van der Waals surface area contributed by atoms with E-state index in [0.29, 0.717) is 17.9 Å². The van der Waals surface area contributed by atoms with Gasteiger partial charge in [-0.25, -0.2) is 4.79 Å². The fraction of sp³-hybridized carbons (Fsp3) is 0.923. The second-order valence-electron chi connectivity index (χ2n) is 5.76. The molecule has 2 saturated carbocycles. The lowest BCUT2D eigenvalue weighted by Crippen LogP contribution is -2.36. The van der Waals surface area contributed by atoms with Gasteiger partial charge in [-0.05, 0) is 56.4 Å². The highest BCUT2D eigenvalue weighted by Crippen LogP contribution is 2.59. The Morgan fingerprint density at radius 3 is 2.94 bits per heavy atom. The van der Waals surface area contributed by atoms with E-state index < -0.39 is 6.16 Å². The van der Waals surface area contributed by atoms with Gasteiger partial charge in [0.05, 0.1) is 6.61 Å². The molecule has 0 aromatic rings. The average Bonchev–Trinajstić information content (AvgIpc) is 2.96. The highest BCUT2D eigenvalue weighted by Gasteiger charge is 2.56. The predicted octanol–water partition coefficient (Wildman–Crippen LogP) is 1.94. The van der Waals surface area contributed by atoms with E-state index in [9.17, 15) is 4.79 Å². The number of hydrogen-bond donors (Lipinski definition) is 1. The van der Waals surface area contributed by atoms with Crippen LogP contribution in [0.4, 0.5) is 4.79 Å². The summed E-state index contributed by atoms with van der Waals surface area (Å²) in [6, 6.07) is 0. The lowest BCUT2D eigenvalue weighted by atomic mass is 9.72. The molecule has 1 spiro atoms. The van der Waals surface area contributed by atoms with Gasteiger partial charge in [-0.1, -0.05) is 0 Å². The number of carbonyl (C=O) groups is 1. The number of rotatable bonds is 2. The summed E-state index contributed by atoms with van der Waals surface area (Å²) >= 11 is 0. The van der Waals surface area contributed by atoms with E-state index >= 15 is 0 Å². The van der Waals surface area contributed by atoms with Crippen molar-refractivity contribution < 1.29 is 14.3 Å². The van der Waals surface area contributed by atoms with E-state index in [1.165, 1.54) is 25.8 Å². The molecule has 4 unspecified atom stereocenters.